The van der Waals surface area contributed by atoms with Gasteiger partial charge in [0.25, 0.3) is 5.91 Å². The van der Waals surface area contributed by atoms with Crippen LogP contribution in [0.15, 0.2) is 85.1 Å². The van der Waals surface area contributed by atoms with Crippen molar-refractivity contribution in [2.45, 2.75) is 75.4 Å². The Bertz CT molecular complexity index is 1790. The standard InChI is InChI=1S/C37H43N5O5Si/c1-25-35(48(2,3)46)33(19-21-40-23-31(38-39-40)29(24-43)26-12-6-4-7-13-26)47-37(25)30-22-28(41-20-11-10-16-34(41)44)17-18-32(30)42(36(37)45)27-14-8-5-9-15-27/h4-9,12-15,17-18,22-23,25,29,33,35,43,46H,10-11,16,19-21,24H2,1-3H3/t25-,29?,33+,35-,37+/m0/s1. The first-order valence-electron chi connectivity index (χ1n) is 16.9. The van der Waals surface area contributed by atoms with Crippen LogP contribution in [0.4, 0.5) is 17.1 Å². The lowest BCUT2D eigenvalue weighted by molar-refractivity contribution is -0.145. The van der Waals surface area contributed by atoms with Gasteiger partial charge in [-0.1, -0.05) is 60.7 Å². The molecule has 1 aromatic heterocycles. The number of nitrogens with zero attached hydrogens (tertiary/aromatic N) is 5. The first-order valence-corrected chi connectivity index (χ1v) is 20.0. The van der Waals surface area contributed by atoms with Gasteiger partial charge in [0.2, 0.25) is 5.91 Å². The van der Waals surface area contributed by atoms with Crippen molar-refractivity contribution >= 4 is 37.2 Å². The molecule has 2 N–H and O–H groups in total. The highest BCUT2D eigenvalue weighted by molar-refractivity contribution is 6.71. The number of aromatic nitrogens is 3. The number of carbonyl (C=O) groups excluding carboxylic acids is 2. The van der Waals surface area contributed by atoms with E-state index in [4.69, 9.17) is 4.74 Å². The van der Waals surface area contributed by atoms with E-state index in [9.17, 15) is 19.5 Å². The lowest BCUT2D eigenvalue weighted by Crippen LogP contribution is -2.45. The molecule has 0 radical (unpaired) electrons. The molecule has 1 unspecified atom stereocenters. The zero-order chi connectivity index (χ0) is 33.6. The summed E-state index contributed by atoms with van der Waals surface area (Å²) in [6, 6.07) is 25.2. The third-order valence-electron chi connectivity index (χ3n) is 10.5. The Labute approximate surface area is 282 Å². The largest absolute Gasteiger partial charge is 0.432 e. The van der Waals surface area contributed by atoms with Gasteiger partial charge in [0.15, 0.2) is 13.9 Å². The van der Waals surface area contributed by atoms with Crippen LogP contribution in [-0.4, -0.2) is 64.3 Å². The molecule has 3 aromatic carbocycles. The number of ether oxygens (including phenoxy) is 1. The van der Waals surface area contributed by atoms with Crippen LogP contribution in [-0.2, 0) is 26.5 Å². The minimum Gasteiger partial charge on any atom is -0.432 e. The van der Waals surface area contributed by atoms with Crippen molar-refractivity contribution in [1.29, 1.82) is 0 Å². The molecule has 7 rings (SSSR count). The molecular weight excluding hydrogens is 623 g/mol. The zero-order valence-electron chi connectivity index (χ0n) is 27.7. The number of aliphatic hydroxyl groups is 1. The number of carbonyl (C=O) groups is 2. The number of fused-ring (bicyclic) bond motifs is 2. The topological polar surface area (TPSA) is 121 Å². The van der Waals surface area contributed by atoms with Gasteiger partial charge in [-0.05, 0) is 68.3 Å². The van der Waals surface area contributed by atoms with Crippen molar-refractivity contribution in [2.75, 3.05) is 23.0 Å². The summed E-state index contributed by atoms with van der Waals surface area (Å²) < 4.78 is 8.82. The molecule has 11 heteroatoms. The number of hydrogen-bond acceptors (Lipinski definition) is 7. The minimum absolute atomic E-state index is 0.0856. The summed E-state index contributed by atoms with van der Waals surface area (Å²) in [5, 5.41) is 18.9. The highest BCUT2D eigenvalue weighted by Gasteiger charge is 2.66. The first-order chi connectivity index (χ1) is 23.1. The minimum atomic E-state index is -2.89. The van der Waals surface area contributed by atoms with Crippen LogP contribution in [0, 0.1) is 5.92 Å². The molecule has 4 aromatic rings. The van der Waals surface area contributed by atoms with Crippen LogP contribution in [0.3, 0.4) is 0 Å². The SMILES string of the molecule is C[C@H]1[C@H]([Si](C)(C)O)[C@@H](CCn2cc(C(CO)c3ccccc3)nn2)O[C@]12C(=O)N(c1ccccc1)c1ccc(N3CCCCC3=O)cc12. The molecule has 3 aliphatic heterocycles. The van der Waals surface area contributed by atoms with Crippen LogP contribution >= 0.6 is 0 Å². The Morgan fingerprint density at radius 3 is 2.42 bits per heavy atom. The third-order valence-corrected chi connectivity index (χ3v) is 13.0. The maximum atomic E-state index is 14.9. The van der Waals surface area contributed by atoms with E-state index in [1.54, 1.807) is 9.58 Å². The van der Waals surface area contributed by atoms with Gasteiger partial charge in [-0.25, -0.2) is 0 Å². The summed E-state index contributed by atoms with van der Waals surface area (Å²) in [6.45, 7) is 6.87. The number of rotatable bonds is 9. The van der Waals surface area contributed by atoms with Gasteiger partial charge < -0.3 is 19.5 Å². The summed E-state index contributed by atoms with van der Waals surface area (Å²) >= 11 is 0. The number of amides is 2. The van der Waals surface area contributed by atoms with Crippen molar-refractivity contribution in [2.24, 2.45) is 5.92 Å². The van der Waals surface area contributed by atoms with Gasteiger partial charge in [-0.15, -0.1) is 5.10 Å². The van der Waals surface area contributed by atoms with Crippen LogP contribution in [0.25, 0.3) is 0 Å². The van der Waals surface area contributed by atoms with Crippen LogP contribution in [0.2, 0.25) is 18.6 Å². The Hall–Kier alpha value is -4.16. The van der Waals surface area contributed by atoms with Gasteiger partial charge in [-0.3, -0.25) is 19.2 Å². The number of hydrogen-bond donors (Lipinski definition) is 2. The van der Waals surface area contributed by atoms with Gasteiger partial charge in [-0.2, -0.15) is 0 Å². The number of aryl methyl sites for hydroxylation is 1. The van der Waals surface area contributed by atoms with E-state index in [0.717, 1.165) is 41.0 Å². The lowest BCUT2D eigenvalue weighted by atomic mass is 9.82. The van der Waals surface area contributed by atoms with Crippen molar-refractivity contribution in [3.8, 4) is 0 Å². The fourth-order valence-corrected chi connectivity index (χ4v) is 10.8. The molecule has 5 atom stereocenters. The highest BCUT2D eigenvalue weighted by atomic mass is 28.4. The average molecular weight is 666 g/mol. The molecule has 250 valence electrons. The highest BCUT2D eigenvalue weighted by Crippen LogP contribution is 2.61. The van der Waals surface area contributed by atoms with E-state index < -0.39 is 20.0 Å². The quantitative estimate of drug-likeness (QED) is 0.227. The molecular formula is C37H43N5O5Si. The van der Waals surface area contributed by atoms with Crippen LogP contribution in [0.5, 0.6) is 0 Å². The average Bonchev–Trinajstić information content (AvgIpc) is 3.74. The Morgan fingerprint density at radius 1 is 1.00 bits per heavy atom. The molecule has 0 aliphatic carbocycles. The number of anilines is 3. The summed E-state index contributed by atoms with van der Waals surface area (Å²) in [5.41, 5.74) is 3.01. The summed E-state index contributed by atoms with van der Waals surface area (Å²) in [5.74, 6) is -0.729. The van der Waals surface area contributed by atoms with E-state index in [1.165, 1.54) is 0 Å². The zero-order valence-corrected chi connectivity index (χ0v) is 28.7. The number of para-hydroxylation sites is 1. The van der Waals surface area contributed by atoms with Gasteiger partial charge in [0.05, 0.1) is 30.0 Å². The fourth-order valence-electron chi connectivity index (χ4n) is 8.24. The predicted octanol–water partition coefficient (Wildman–Crippen LogP) is 5.49. The normalized spacial score (nSPS) is 24.8. The molecule has 3 aliphatic rings. The first kappa shape index (κ1) is 32.4. The molecule has 2 amide bonds. The number of aliphatic hydroxyl groups excluding tert-OH is 1. The smallest absolute Gasteiger partial charge is 0.268 e. The van der Waals surface area contributed by atoms with Crippen LogP contribution in [0.1, 0.15) is 55.3 Å². The second-order valence-electron chi connectivity index (χ2n) is 13.9. The molecule has 0 bridgehead atoms. The third kappa shape index (κ3) is 5.48. The van der Waals surface area contributed by atoms with Gasteiger partial charge >= 0.3 is 0 Å². The van der Waals surface area contributed by atoms with Crippen LogP contribution < -0.4 is 9.80 Å². The fraction of sp³-hybridized carbons (Fsp3) is 0.405. The van der Waals surface area contributed by atoms with Crippen molar-refractivity contribution < 1.29 is 24.2 Å². The molecule has 1 spiro atoms. The monoisotopic (exact) mass is 665 g/mol. The van der Waals surface area contributed by atoms with E-state index in [-0.39, 0.29) is 35.8 Å². The van der Waals surface area contributed by atoms with E-state index in [0.29, 0.717) is 31.6 Å². The lowest BCUT2D eigenvalue weighted by Gasteiger charge is -2.33. The summed E-state index contributed by atoms with van der Waals surface area (Å²) in [7, 11) is -2.89. The van der Waals surface area contributed by atoms with Crippen molar-refractivity contribution in [3.63, 3.8) is 0 Å². The molecule has 2 fully saturated rings. The molecule has 2 saturated heterocycles. The summed E-state index contributed by atoms with van der Waals surface area (Å²) in [4.78, 5) is 43.2. The number of piperidine rings is 1. The Balaban J connectivity index is 1.24. The van der Waals surface area contributed by atoms with E-state index >= 15 is 0 Å². The second kappa shape index (κ2) is 12.7. The number of benzene rings is 3. The molecule has 4 heterocycles. The van der Waals surface area contributed by atoms with Crippen molar-refractivity contribution in [3.05, 3.63) is 102 Å². The predicted molar refractivity (Wildman–Crippen MR) is 185 cm³/mol. The summed E-state index contributed by atoms with van der Waals surface area (Å²) in [6.07, 6.45) is 4.24. The van der Waals surface area contributed by atoms with Gasteiger partial charge in [0, 0.05) is 54.1 Å². The van der Waals surface area contributed by atoms with Crippen molar-refractivity contribution in [1.82, 2.24) is 15.0 Å². The Kier molecular flexibility index (Phi) is 8.57. The molecule has 48 heavy (non-hydrogen) atoms. The van der Waals surface area contributed by atoms with E-state index in [2.05, 4.69) is 10.3 Å². The van der Waals surface area contributed by atoms with Gasteiger partial charge in [0.1, 0.15) is 0 Å². The molecule has 0 saturated carbocycles. The van der Waals surface area contributed by atoms with E-state index in [1.807, 2.05) is 110 Å². The maximum Gasteiger partial charge on any atom is 0.268 e. The maximum absolute atomic E-state index is 14.9. The second-order valence-corrected chi connectivity index (χ2v) is 17.9. The Morgan fingerprint density at radius 2 is 1.73 bits per heavy atom. The molecule has 10 nitrogen and oxygen atoms in total.